The molecule has 2 aliphatic rings. The molecule has 2 unspecified atom stereocenters. The van der Waals surface area contributed by atoms with Gasteiger partial charge in [-0.1, -0.05) is 6.92 Å². The number of rotatable bonds is 1. The fraction of sp³-hybridized carbons (Fsp3) is 1.00. The second kappa shape index (κ2) is 4.60. The van der Waals surface area contributed by atoms with Gasteiger partial charge in [0.15, 0.2) is 0 Å². The molecule has 0 amide bonds. The number of likely N-dealkylation sites (N-methyl/N-ethyl adjacent to an activating group) is 1. The Morgan fingerprint density at radius 1 is 1.14 bits per heavy atom. The van der Waals surface area contributed by atoms with E-state index < -0.39 is 0 Å². The molecule has 2 fully saturated rings. The highest BCUT2D eigenvalue weighted by Gasteiger charge is 2.30. The average molecular weight is 199 g/mol. The molecule has 82 valence electrons. The van der Waals surface area contributed by atoms with Crippen LogP contribution in [0.25, 0.3) is 0 Å². The van der Waals surface area contributed by atoms with Gasteiger partial charge in [0.05, 0.1) is 18.8 Å². The van der Waals surface area contributed by atoms with Gasteiger partial charge < -0.3 is 14.4 Å². The number of hydrogen-bond donors (Lipinski definition) is 0. The Labute approximate surface area is 86.4 Å². The van der Waals surface area contributed by atoms with E-state index in [1.54, 1.807) is 0 Å². The molecule has 0 aromatic carbocycles. The number of morpholine rings is 1. The average Bonchev–Trinajstić information content (AvgIpc) is 2.18. The Hall–Kier alpha value is -0.120. The van der Waals surface area contributed by atoms with Crippen molar-refractivity contribution in [2.24, 2.45) is 5.92 Å². The molecule has 0 saturated carbocycles. The Kier molecular flexibility index (Phi) is 3.42. The first kappa shape index (κ1) is 10.4. The van der Waals surface area contributed by atoms with Gasteiger partial charge in [-0.05, 0) is 25.8 Å². The monoisotopic (exact) mass is 199 g/mol. The summed E-state index contributed by atoms with van der Waals surface area (Å²) in [5, 5.41) is 0. The fourth-order valence-corrected chi connectivity index (χ4v) is 2.30. The number of ether oxygens (including phenoxy) is 2. The number of nitrogens with zero attached hydrogens (tertiary/aromatic N) is 1. The van der Waals surface area contributed by atoms with Crippen LogP contribution in [0, 0.1) is 5.92 Å². The lowest BCUT2D eigenvalue weighted by Gasteiger charge is -2.38. The molecular weight excluding hydrogens is 178 g/mol. The standard InChI is InChI=1S/C11H21NO2/c1-9-3-5-13-10(7-9)11-8-12(2)4-6-14-11/h9-11H,3-8H2,1-2H3/t9-,10?,11?/m1/s1. The van der Waals surface area contributed by atoms with Crippen molar-refractivity contribution in [1.82, 2.24) is 4.90 Å². The van der Waals surface area contributed by atoms with E-state index >= 15 is 0 Å². The first-order valence-corrected chi connectivity index (χ1v) is 5.67. The van der Waals surface area contributed by atoms with Crippen LogP contribution in [0.1, 0.15) is 19.8 Å². The summed E-state index contributed by atoms with van der Waals surface area (Å²) in [6, 6.07) is 0. The highest BCUT2D eigenvalue weighted by atomic mass is 16.5. The minimum absolute atomic E-state index is 0.302. The highest BCUT2D eigenvalue weighted by molar-refractivity contribution is 4.81. The van der Waals surface area contributed by atoms with Crippen LogP contribution in [0.15, 0.2) is 0 Å². The zero-order valence-electron chi connectivity index (χ0n) is 9.24. The predicted molar refractivity (Wildman–Crippen MR) is 55.4 cm³/mol. The van der Waals surface area contributed by atoms with Crippen molar-refractivity contribution in [2.45, 2.75) is 32.0 Å². The molecule has 2 heterocycles. The Morgan fingerprint density at radius 2 is 1.93 bits per heavy atom. The topological polar surface area (TPSA) is 21.7 Å². The molecule has 0 N–H and O–H groups in total. The van der Waals surface area contributed by atoms with Crippen molar-refractivity contribution in [3.8, 4) is 0 Å². The summed E-state index contributed by atoms with van der Waals surface area (Å²) in [6.45, 7) is 6.16. The van der Waals surface area contributed by atoms with Crippen molar-refractivity contribution >= 4 is 0 Å². The molecule has 0 bridgehead atoms. The van der Waals surface area contributed by atoms with Gasteiger partial charge in [-0.2, -0.15) is 0 Å². The molecule has 2 saturated heterocycles. The third-order valence-corrected chi connectivity index (χ3v) is 3.29. The molecule has 0 aromatic heterocycles. The minimum atomic E-state index is 0.302. The predicted octanol–water partition coefficient (Wildman–Crippen LogP) is 1.13. The van der Waals surface area contributed by atoms with Crippen molar-refractivity contribution in [3.63, 3.8) is 0 Å². The Morgan fingerprint density at radius 3 is 2.64 bits per heavy atom. The quantitative estimate of drug-likeness (QED) is 0.632. The first-order chi connectivity index (χ1) is 6.75. The molecule has 0 radical (unpaired) electrons. The van der Waals surface area contributed by atoms with Gasteiger partial charge in [0.2, 0.25) is 0 Å². The Bertz CT molecular complexity index is 166. The SMILES string of the molecule is C[C@@H]1CCOC(C2CN(C)CCO2)C1. The summed E-state index contributed by atoms with van der Waals surface area (Å²) in [5.41, 5.74) is 0. The molecule has 0 aliphatic carbocycles. The summed E-state index contributed by atoms with van der Waals surface area (Å²) in [5.74, 6) is 0.796. The zero-order chi connectivity index (χ0) is 9.97. The fourth-order valence-electron chi connectivity index (χ4n) is 2.30. The zero-order valence-corrected chi connectivity index (χ0v) is 9.24. The van der Waals surface area contributed by atoms with E-state index in [4.69, 9.17) is 9.47 Å². The second-order valence-corrected chi connectivity index (χ2v) is 4.71. The maximum atomic E-state index is 5.78. The van der Waals surface area contributed by atoms with Gasteiger partial charge >= 0.3 is 0 Å². The molecule has 3 nitrogen and oxygen atoms in total. The molecule has 14 heavy (non-hydrogen) atoms. The van der Waals surface area contributed by atoms with Gasteiger partial charge in [-0.15, -0.1) is 0 Å². The summed E-state index contributed by atoms with van der Waals surface area (Å²) >= 11 is 0. The molecule has 2 aliphatic heterocycles. The maximum absolute atomic E-state index is 5.78. The molecule has 2 rings (SSSR count). The van der Waals surface area contributed by atoms with Gasteiger partial charge in [-0.3, -0.25) is 0 Å². The third kappa shape index (κ3) is 2.47. The second-order valence-electron chi connectivity index (χ2n) is 4.71. The van der Waals surface area contributed by atoms with Crippen LogP contribution in [0.2, 0.25) is 0 Å². The molecule has 0 spiro atoms. The van der Waals surface area contributed by atoms with E-state index in [1.807, 2.05) is 0 Å². The summed E-state index contributed by atoms with van der Waals surface area (Å²) < 4.78 is 11.6. The van der Waals surface area contributed by atoms with Crippen molar-refractivity contribution in [3.05, 3.63) is 0 Å². The van der Waals surface area contributed by atoms with E-state index in [1.165, 1.54) is 12.8 Å². The van der Waals surface area contributed by atoms with E-state index in [9.17, 15) is 0 Å². The van der Waals surface area contributed by atoms with Crippen molar-refractivity contribution in [1.29, 1.82) is 0 Å². The largest absolute Gasteiger partial charge is 0.375 e. The lowest BCUT2D eigenvalue weighted by Crippen LogP contribution is -2.48. The Balaban J connectivity index is 1.86. The highest BCUT2D eigenvalue weighted by Crippen LogP contribution is 2.24. The molecule has 3 heteroatoms. The summed E-state index contributed by atoms with van der Waals surface area (Å²) in [6.07, 6.45) is 3.01. The minimum Gasteiger partial charge on any atom is -0.375 e. The van der Waals surface area contributed by atoms with Crippen LogP contribution in [0.3, 0.4) is 0 Å². The van der Waals surface area contributed by atoms with Gasteiger partial charge in [-0.25, -0.2) is 0 Å². The smallest absolute Gasteiger partial charge is 0.0963 e. The maximum Gasteiger partial charge on any atom is 0.0963 e. The summed E-state index contributed by atoms with van der Waals surface area (Å²) in [7, 11) is 2.15. The number of hydrogen-bond acceptors (Lipinski definition) is 3. The van der Waals surface area contributed by atoms with Crippen LogP contribution in [0.5, 0.6) is 0 Å². The first-order valence-electron chi connectivity index (χ1n) is 5.67. The van der Waals surface area contributed by atoms with Crippen LogP contribution >= 0.6 is 0 Å². The van der Waals surface area contributed by atoms with Crippen LogP contribution in [-0.2, 0) is 9.47 Å². The lowest BCUT2D eigenvalue weighted by atomic mass is 9.94. The summed E-state index contributed by atoms with van der Waals surface area (Å²) in [4.78, 5) is 2.33. The normalized spacial score (nSPS) is 41.1. The third-order valence-electron chi connectivity index (χ3n) is 3.29. The van der Waals surface area contributed by atoms with E-state index in [2.05, 4.69) is 18.9 Å². The van der Waals surface area contributed by atoms with E-state index in [0.29, 0.717) is 12.2 Å². The molecule has 3 atom stereocenters. The molecule has 0 aromatic rings. The van der Waals surface area contributed by atoms with Crippen molar-refractivity contribution in [2.75, 3.05) is 33.4 Å². The van der Waals surface area contributed by atoms with Gasteiger partial charge in [0.25, 0.3) is 0 Å². The van der Waals surface area contributed by atoms with E-state index in [0.717, 1.165) is 32.2 Å². The van der Waals surface area contributed by atoms with E-state index in [-0.39, 0.29) is 0 Å². The van der Waals surface area contributed by atoms with Gasteiger partial charge in [0.1, 0.15) is 0 Å². The van der Waals surface area contributed by atoms with Crippen molar-refractivity contribution < 1.29 is 9.47 Å². The van der Waals surface area contributed by atoms with Crippen LogP contribution in [-0.4, -0.2) is 50.5 Å². The van der Waals surface area contributed by atoms with Gasteiger partial charge in [0, 0.05) is 19.7 Å². The lowest BCUT2D eigenvalue weighted by molar-refractivity contribution is -0.128. The molecular formula is C11H21NO2. The van der Waals surface area contributed by atoms with Crippen LogP contribution < -0.4 is 0 Å². The van der Waals surface area contributed by atoms with Crippen LogP contribution in [0.4, 0.5) is 0 Å².